The van der Waals surface area contributed by atoms with Crippen LogP contribution in [0.15, 0.2) is 18.3 Å². The summed E-state index contributed by atoms with van der Waals surface area (Å²) in [6.07, 6.45) is 4.56. The molecule has 1 aromatic rings. The topological polar surface area (TPSA) is 31.4 Å². The quantitative estimate of drug-likeness (QED) is 0.874. The van der Waals surface area contributed by atoms with Gasteiger partial charge in [-0.25, -0.2) is 4.98 Å². The number of halogens is 1. The summed E-state index contributed by atoms with van der Waals surface area (Å²) >= 11 is 0. The highest BCUT2D eigenvalue weighted by Gasteiger charge is 2.21. The van der Waals surface area contributed by atoms with E-state index in [2.05, 4.69) is 53.1 Å². The lowest BCUT2D eigenvalue weighted by molar-refractivity contribution is 0.144. The molecule has 1 aliphatic heterocycles. The van der Waals surface area contributed by atoms with Gasteiger partial charge in [-0.2, -0.15) is 0 Å². The molecule has 0 aliphatic carbocycles. The van der Waals surface area contributed by atoms with Gasteiger partial charge >= 0.3 is 0 Å². The number of anilines is 1. The maximum Gasteiger partial charge on any atom is 0.128 e. The minimum Gasteiger partial charge on any atom is -0.360 e. The van der Waals surface area contributed by atoms with Crippen molar-refractivity contribution in [1.82, 2.24) is 15.2 Å². The third-order valence-electron chi connectivity index (χ3n) is 4.15. The Balaban J connectivity index is 0.00000220. The van der Waals surface area contributed by atoms with Gasteiger partial charge in [0, 0.05) is 52.0 Å². The fourth-order valence-corrected chi connectivity index (χ4v) is 2.76. The van der Waals surface area contributed by atoms with E-state index in [1.807, 2.05) is 6.20 Å². The first kappa shape index (κ1) is 18.2. The van der Waals surface area contributed by atoms with E-state index in [-0.39, 0.29) is 12.4 Å². The zero-order chi connectivity index (χ0) is 14.4. The molecule has 0 radical (unpaired) electrons. The van der Waals surface area contributed by atoms with Gasteiger partial charge in [-0.05, 0) is 25.0 Å². The van der Waals surface area contributed by atoms with Crippen LogP contribution >= 0.6 is 12.4 Å². The molecular formula is C16H29ClN4. The van der Waals surface area contributed by atoms with Crippen molar-refractivity contribution < 1.29 is 0 Å². The number of pyridine rings is 1. The van der Waals surface area contributed by atoms with Crippen LogP contribution in [0.2, 0.25) is 0 Å². The maximum atomic E-state index is 4.57. The molecule has 1 aromatic heterocycles. The lowest BCUT2D eigenvalue weighted by atomic mass is 10.1. The van der Waals surface area contributed by atoms with Crippen LogP contribution in [0.1, 0.15) is 32.3 Å². The Morgan fingerprint density at radius 2 is 2.19 bits per heavy atom. The minimum absolute atomic E-state index is 0. The summed E-state index contributed by atoms with van der Waals surface area (Å²) in [6.45, 7) is 9.79. The minimum atomic E-state index is 0. The predicted molar refractivity (Wildman–Crippen MR) is 92.4 cm³/mol. The fraction of sp³-hybridized carbons (Fsp3) is 0.688. The van der Waals surface area contributed by atoms with E-state index >= 15 is 0 Å². The van der Waals surface area contributed by atoms with E-state index in [1.165, 1.54) is 18.4 Å². The van der Waals surface area contributed by atoms with Crippen LogP contribution in [0.4, 0.5) is 5.82 Å². The fourth-order valence-electron chi connectivity index (χ4n) is 2.76. The Bertz CT molecular complexity index is 394. The molecule has 1 saturated heterocycles. The molecule has 21 heavy (non-hydrogen) atoms. The van der Waals surface area contributed by atoms with Crippen LogP contribution in [0.25, 0.3) is 0 Å². The number of hydrogen-bond acceptors (Lipinski definition) is 4. The highest BCUT2D eigenvalue weighted by Crippen LogP contribution is 2.15. The largest absolute Gasteiger partial charge is 0.360 e. The second-order valence-corrected chi connectivity index (χ2v) is 5.66. The monoisotopic (exact) mass is 312 g/mol. The lowest BCUT2D eigenvalue weighted by Gasteiger charge is -2.36. The van der Waals surface area contributed by atoms with Gasteiger partial charge in [0.05, 0.1) is 0 Å². The van der Waals surface area contributed by atoms with E-state index in [1.54, 1.807) is 0 Å². The van der Waals surface area contributed by atoms with Crippen LogP contribution in [-0.4, -0.2) is 49.2 Å². The number of rotatable bonds is 6. The molecule has 1 unspecified atom stereocenters. The first-order chi connectivity index (χ1) is 9.74. The number of hydrogen-bond donors (Lipinski definition) is 1. The smallest absolute Gasteiger partial charge is 0.128 e. The van der Waals surface area contributed by atoms with Crippen molar-refractivity contribution in [3.63, 3.8) is 0 Å². The van der Waals surface area contributed by atoms with Crippen molar-refractivity contribution in [2.75, 3.05) is 38.1 Å². The predicted octanol–water partition coefficient (Wildman–Crippen LogP) is 2.53. The molecular weight excluding hydrogens is 284 g/mol. The summed E-state index contributed by atoms with van der Waals surface area (Å²) in [6, 6.07) is 5.03. The Labute approximate surface area is 135 Å². The van der Waals surface area contributed by atoms with Gasteiger partial charge in [-0.3, -0.25) is 4.90 Å². The summed E-state index contributed by atoms with van der Waals surface area (Å²) in [4.78, 5) is 9.33. The molecule has 0 amide bonds. The van der Waals surface area contributed by atoms with Crippen molar-refractivity contribution in [2.45, 2.75) is 39.3 Å². The van der Waals surface area contributed by atoms with Crippen molar-refractivity contribution in [3.8, 4) is 0 Å². The summed E-state index contributed by atoms with van der Waals surface area (Å²) in [5, 5.41) is 3.50. The molecule has 2 heterocycles. The van der Waals surface area contributed by atoms with Gasteiger partial charge in [0.25, 0.3) is 0 Å². The number of nitrogens with one attached hydrogen (secondary N) is 1. The number of piperazine rings is 1. The van der Waals surface area contributed by atoms with Gasteiger partial charge in [0.2, 0.25) is 0 Å². The molecule has 2 rings (SSSR count). The Morgan fingerprint density at radius 3 is 2.81 bits per heavy atom. The van der Waals surface area contributed by atoms with Gasteiger partial charge in [-0.1, -0.05) is 19.4 Å². The third kappa shape index (κ3) is 5.13. The van der Waals surface area contributed by atoms with Crippen LogP contribution in [-0.2, 0) is 6.54 Å². The molecule has 0 saturated carbocycles. The van der Waals surface area contributed by atoms with E-state index in [9.17, 15) is 0 Å². The first-order valence-electron chi connectivity index (χ1n) is 7.85. The van der Waals surface area contributed by atoms with Gasteiger partial charge in [0.1, 0.15) is 5.82 Å². The van der Waals surface area contributed by atoms with E-state index in [0.717, 1.165) is 38.5 Å². The average Bonchev–Trinajstić information content (AvgIpc) is 2.49. The van der Waals surface area contributed by atoms with Crippen LogP contribution in [0.3, 0.4) is 0 Å². The number of aromatic nitrogens is 1. The second-order valence-electron chi connectivity index (χ2n) is 5.66. The van der Waals surface area contributed by atoms with Crippen LogP contribution < -0.4 is 10.2 Å². The highest BCUT2D eigenvalue weighted by molar-refractivity contribution is 5.85. The Hall–Kier alpha value is -0.840. The Kier molecular flexibility index (Phi) is 8.01. The normalized spacial score (nSPS) is 19.1. The summed E-state index contributed by atoms with van der Waals surface area (Å²) in [5.41, 5.74) is 1.32. The first-order valence-corrected chi connectivity index (χ1v) is 7.85. The van der Waals surface area contributed by atoms with Crippen LogP contribution in [0, 0.1) is 0 Å². The van der Waals surface area contributed by atoms with Gasteiger partial charge in [-0.15, -0.1) is 12.4 Å². The molecule has 1 fully saturated rings. The summed E-state index contributed by atoms with van der Waals surface area (Å²) in [5.74, 6) is 1.06. The zero-order valence-corrected chi connectivity index (χ0v) is 14.3. The number of nitrogens with zero attached hydrogens (tertiary/aromatic N) is 3. The second kappa shape index (κ2) is 9.23. The zero-order valence-electron chi connectivity index (χ0n) is 13.5. The van der Waals surface area contributed by atoms with E-state index < -0.39 is 0 Å². The molecule has 1 aliphatic rings. The van der Waals surface area contributed by atoms with Gasteiger partial charge in [0.15, 0.2) is 0 Å². The molecule has 0 bridgehead atoms. The molecule has 1 atom stereocenters. The Morgan fingerprint density at radius 1 is 1.38 bits per heavy atom. The maximum absolute atomic E-state index is 4.57. The van der Waals surface area contributed by atoms with Crippen LogP contribution in [0.5, 0.6) is 0 Å². The summed E-state index contributed by atoms with van der Waals surface area (Å²) in [7, 11) is 2.08. The van der Waals surface area contributed by atoms with Crippen molar-refractivity contribution in [2.24, 2.45) is 0 Å². The molecule has 0 spiro atoms. The summed E-state index contributed by atoms with van der Waals surface area (Å²) < 4.78 is 0. The van der Waals surface area contributed by atoms with Gasteiger partial charge < -0.3 is 10.2 Å². The average molecular weight is 313 g/mol. The molecule has 1 N–H and O–H groups in total. The molecule has 4 nitrogen and oxygen atoms in total. The SMILES string of the molecule is CCCC1CNCCN1Cc1ccc(N(C)CC)nc1.Cl. The molecule has 0 aromatic carbocycles. The van der Waals surface area contributed by atoms with E-state index in [4.69, 9.17) is 0 Å². The van der Waals surface area contributed by atoms with Crippen molar-refractivity contribution >= 4 is 18.2 Å². The highest BCUT2D eigenvalue weighted by atomic mass is 35.5. The third-order valence-corrected chi connectivity index (χ3v) is 4.15. The van der Waals surface area contributed by atoms with Crippen molar-refractivity contribution in [3.05, 3.63) is 23.9 Å². The lowest BCUT2D eigenvalue weighted by Crippen LogP contribution is -2.50. The van der Waals surface area contributed by atoms with E-state index in [0.29, 0.717) is 6.04 Å². The molecule has 120 valence electrons. The van der Waals surface area contributed by atoms with Crippen molar-refractivity contribution in [1.29, 1.82) is 0 Å². The molecule has 5 heteroatoms. The standard InChI is InChI=1S/C16H28N4.ClH/c1-4-6-15-12-17-9-10-20(15)13-14-7-8-16(18-11-14)19(3)5-2;/h7-8,11,15,17H,4-6,9-10,12-13H2,1-3H3;1H.